The van der Waals surface area contributed by atoms with Crippen LogP contribution in [0, 0.1) is 5.92 Å². The number of rotatable bonds is 7. The van der Waals surface area contributed by atoms with Crippen molar-refractivity contribution in [1.29, 1.82) is 0 Å². The lowest BCUT2D eigenvalue weighted by Gasteiger charge is -2.34. The van der Waals surface area contributed by atoms with E-state index in [0.29, 0.717) is 28.9 Å². The molecule has 2 aromatic heterocycles. The van der Waals surface area contributed by atoms with Crippen LogP contribution in [-0.2, 0) is 0 Å². The summed E-state index contributed by atoms with van der Waals surface area (Å²) in [5, 5.41) is 9.32. The molecule has 1 aromatic carbocycles. The van der Waals surface area contributed by atoms with Gasteiger partial charge < -0.3 is 28.6 Å². The van der Waals surface area contributed by atoms with Gasteiger partial charge in [0, 0.05) is 37.5 Å². The number of aliphatic hydroxyl groups is 1. The van der Waals surface area contributed by atoms with Crippen LogP contribution in [0.15, 0.2) is 34.9 Å². The predicted molar refractivity (Wildman–Crippen MR) is 116 cm³/mol. The summed E-state index contributed by atoms with van der Waals surface area (Å²) < 4.78 is 22.7. The molecule has 0 aliphatic carbocycles. The molecule has 0 spiro atoms. The molecule has 160 valence electrons. The third kappa shape index (κ3) is 3.77. The number of nitrogens with zero attached hydrogens (tertiary/aromatic N) is 2. The van der Waals surface area contributed by atoms with Gasteiger partial charge in [-0.1, -0.05) is 0 Å². The molecule has 1 aliphatic heterocycles. The quantitative estimate of drug-likeness (QED) is 0.625. The normalized spacial score (nSPS) is 16.7. The highest BCUT2D eigenvalue weighted by molar-refractivity contribution is 5.90. The van der Waals surface area contributed by atoms with Crippen molar-refractivity contribution in [1.82, 2.24) is 4.98 Å². The van der Waals surface area contributed by atoms with E-state index in [1.807, 2.05) is 30.5 Å². The Hall–Kier alpha value is -2.93. The molecule has 3 aromatic rings. The van der Waals surface area contributed by atoms with Gasteiger partial charge in [0.25, 0.3) is 0 Å². The fourth-order valence-electron chi connectivity index (χ4n) is 4.24. The minimum Gasteiger partial charge on any atom is -0.493 e. The maximum absolute atomic E-state index is 9.32. The molecule has 0 bridgehead atoms. The number of hydrogen-bond donors (Lipinski definition) is 1. The number of hydrogen-bond acceptors (Lipinski definition) is 7. The second-order valence-corrected chi connectivity index (χ2v) is 7.54. The summed E-state index contributed by atoms with van der Waals surface area (Å²) >= 11 is 0. The first kappa shape index (κ1) is 20.3. The molecule has 7 nitrogen and oxygen atoms in total. The van der Waals surface area contributed by atoms with Crippen LogP contribution in [0.2, 0.25) is 0 Å². The average Bonchev–Trinajstić information content (AvgIpc) is 3.23. The lowest BCUT2D eigenvalue weighted by Crippen LogP contribution is -2.35. The van der Waals surface area contributed by atoms with Crippen molar-refractivity contribution in [3.05, 3.63) is 30.5 Å². The van der Waals surface area contributed by atoms with Crippen LogP contribution >= 0.6 is 0 Å². The van der Waals surface area contributed by atoms with E-state index in [0.717, 1.165) is 54.7 Å². The Labute approximate surface area is 176 Å². The molecule has 1 aliphatic rings. The van der Waals surface area contributed by atoms with E-state index in [1.165, 1.54) is 0 Å². The predicted octanol–water partition coefficient (Wildman–Crippen LogP) is 4.12. The number of ether oxygens (including phenoxy) is 3. The van der Waals surface area contributed by atoms with Gasteiger partial charge in [-0.2, -0.15) is 0 Å². The van der Waals surface area contributed by atoms with Crippen LogP contribution in [-0.4, -0.2) is 51.1 Å². The molecule has 1 saturated heterocycles. The second-order valence-electron chi connectivity index (χ2n) is 7.54. The van der Waals surface area contributed by atoms with E-state index in [2.05, 4.69) is 9.88 Å². The van der Waals surface area contributed by atoms with Gasteiger partial charge in [-0.3, -0.25) is 4.98 Å². The number of aromatic nitrogens is 1. The number of anilines is 1. The Balaban J connectivity index is 1.74. The molecule has 4 rings (SSSR count). The molecule has 30 heavy (non-hydrogen) atoms. The van der Waals surface area contributed by atoms with Crippen LogP contribution in [0.4, 0.5) is 5.69 Å². The number of pyridine rings is 1. The van der Waals surface area contributed by atoms with Gasteiger partial charge in [-0.25, -0.2) is 0 Å². The fraction of sp³-hybridized carbons (Fsp3) is 0.435. The van der Waals surface area contributed by atoms with Crippen molar-refractivity contribution < 1.29 is 23.7 Å². The summed E-state index contributed by atoms with van der Waals surface area (Å²) in [6.45, 7) is 2.12. The van der Waals surface area contributed by atoms with Gasteiger partial charge in [0.2, 0.25) is 5.75 Å². The van der Waals surface area contributed by atoms with Gasteiger partial charge in [-0.15, -0.1) is 0 Å². The maximum atomic E-state index is 9.32. The molecule has 0 saturated carbocycles. The summed E-state index contributed by atoms with van der Waals surface area (Å²) in [5.74, 6) is 2.87. The van der Waals surface area contributed by atoms with Gasteiger partial charge in [0.1, 0.15) is 11.3 Å². The van der Waals surface area contributed by atoms with Crippen molar-refractivity contribution in [2.45, 2.75) is 19.3 Å². The summed E-state index contributed by atoms with van der Waals surface area (Å²) in [7, 11) is 4.77. The second kappa shape index (κ2) is 8.83. The van der Waals surface area contributed by atoms with Crippen LogP contribution in [0.5, 0.6) is 17.2 Å². The summed E-state index contributed by atoms with van der Waals surface area (Å²) in [4.78, 5) is 6.85. The highest BCUT2D eigenvalue weighted by Crippen LogP contribution is 2.43. The number of fused-ring (bicyclic) bond motifs is 1. The molecule has 1 unspecified atom stereocenters. The van der Waals surface area contributed by atoms with Crippen LogP contribution in [0.1, 0.15) is 19.3 Å². The molecule has 0 radical (unpaired) electrons. The SMILES string of the molecule is COc1cc(-c2cc3nccc(N4CCCC(CCO)C4)c3o2)cc(OC)c1OC. The van der Waals surface area contributed by atoms with Gasteiger partial charge >= 0.3 is 0 Å². The molecule has 7 heteroatoms. The van der Waals surface area contributed by atoms with E-state index < -0.39 is 0 Å². The first-order valence-corrected chi connectivity index (χ1v) is 10.2. The monoisotopic (exact) mass is 412 g/mol. The average molecular weight is 412 g/mol. The smallest absolute Gasteiger partial charge is 0.203 e. The number of methoxy groups -OCH3 is 3. The Morgan fingerprint density at radius 1 is 1.13 bits per heavy atom. The third-order valence-corrected chi connectivity index (χ3v) is 5.74. The zero-order chi connectivity index (χ0) is 21.1. The van der Waals surface area contributed by atoms with Crippen LogP contribution in [0.3, 0.4) is 0 Å². The first-order valence-electron chi connectivity index (χ1n) is 10.2. The summed E-state index contributed by atoms with van der Waals surface area (Å²) in [5.41, 5.74) is 3.44. The van der Waals surface area contributed by atoms with Gasteiger partial charge in [0.05, 0.1) is 27.0 Å². The van der Waals surface area contributed by atoms with E-state index in [1.54, 1.807) is 21.3 Å². The molecule has 3 heterocycles. The van der Waals surface area contributed by atoms with Crippen molar-refractivity contribution in [3.8, 4) is 28.6 Å². The van der Waals surface area contributed by atoms with Crippen LogP contribution < -0.4 is 19.1 Å². The fourth-order valence-corrected chi connectivity index (χ4v) is 4.24. The summed E-state index contributed by atoms with van der Waals surface area (Å²) in [6.07, 6.45) is 4.91. The Morgan fingerprint density at radius 2 is 1.90 bits per heavy atom. The lowest BCUT2D eigenvalue weighted by molar-refractivity contribution is 0.244. The number of benzene rings is 1. The first-order chi connectivity index (χ1) is 14.7. The van der Waals surface area contributed by atoms with Crippen molar-refractivity contribution in [2.24, 2.45) is 5.92 Å². The zero-order valence-electron chi connectivity index (χ0n) is 17.7. The van der Waals surface area contributed by atoms with Gasteiger partial charge in [-0.05, 0) is 43.4 Å². The van der Waals surface area contributed by atoms with E-state index >= 15 is 0 Å². The standard InChI is InChI=1S/C23H28N2O5/c1-27-20-11-16(12-21(28-2)23(20)29-3)19-13-17-22(30-19)18(6-8-24-17)25-9-4-5-15(14-25)7-10-26/h6,8,11-13,15,26H,4-5,7,9-10,14H2,1-3H3. The molecular formula is C23H28N2O5. The molecule has 1 fully saturated rings. The largest absolute Gasteiger partial charge is 0.493 e. The molecular weight excluding hydrogens is 384 g/mol. The van der Waals surface area contributed by atoms with Crippen molar-refractivity contribution in [3.63, 3.8) is 0 Å². The minimum atomic E-state index is 0.232. The third-order valence-electron chi connectivity index (χ3n) is 5.74. The van der Waals surface area contributed by atoms with Gasteiger partial charge in [0.15, 0.2) is 17.1 Å². The van der Waals surface area contributed by atoms with Crippen molar-refractivity contribution >= 4 is 16.8 Å². The Kier molecular flexibility index (Phi) is 5.99. The topological polar surface area (TPSA) is 77.2 Å². The minimum absolute atomic E-state index is 0.232. The number of piperidine rings is 1. The molecule has 1 N–H and O–H groups in total. The lowest BCUT2D eigenvalue weighted by atomic mass is 9.95. The maximum Gasteiger partial charge on any atom is 0.203 e. The van der Waals surface area contributed by atoms with E-state index in [-0.39, 0.29) is 6.61 Å². The Morgan fingerprint density at radius 3 is 2.57 bits per heavy atom. The van der Waals surface area contributed by atoms with Crippen LogP contribution in [0.25, 0.3) is 22.4 Å². The number of aliphatic hydroxyl groups excluding tert-OH is 1. The van der Waals surface area contributed by atoms with E-state index in [9.17, 15) is 5.11 Å². The highest BCUT2D eigenvalue weighted by atomic mass is 16.5. The Bertz CT molecular complexity index is 989. The van der Waals surface area contributed by atoms with E-state index in [4.69, 9.17) is 18.6 Å². The molecule has 0 amide bonds. The summed E-state index contributed by atoms with van der Waals surface area (Å²) in [6, 6.07) is 7.69. The zero-order valence-corrected chi connectivity index (χ0v) is 17.7. The number of furan rings is 1. The molecule has 1 atom stereocenters. The highest BCUT2D eigenvalue weighted by Gasteiger charge is 2.23. The van der Waals surface area contributed by atoms with Crippen molar-refractivity contribution in [2.75, 3.05) is 45.9 Å².